The molecule has 0 radical (unpaired) electrons. The van der Waals surface area contributed by atoms with Crippen LogP contribution in [0.1, 0.15) is 21.6 Å². The lowest BCUT2D eigenvalue weighted by Crippen LogP contribution is -1.95. The molecule has 0 spiro atoms. The summed E-state index contributed by atoms with van der Waals surface area (Å²) < 4.78 is 1.73. The van der Waals surface area contributed by atoms with Gasteiger partial charge in [0, 0.05) is 11.9 Å². The van der Waals surface area contributed by atoms with Crippen LogP contribution in [-0.4, -0.2) is 20.5 Å². The molecule has 4 heteroatoms. The predicted molar refractivity (Wildman–Crippen MR) is 51.6 cm³/mol. The van der Waals surface area contributed by atoms with Crippen LogP contribution in [0.4, 0.5) is 0 Å². The standard InChI is InChI=1S/C10H10N2O2/c1-6-3-9-7(2)8(10(13)14)4-12(9)5-11-6/h3-5H,1-2H3,(H,13,14). The molecule has 0 aliphatic carbocycles. The van der Waals surface area contributed by atoms with E-state index in [9.17, 15) is 4.79 Å². The van der Waals surface area contributed by atoms with Gasteiger partial charge in [0.25, 0.3) is 0 Å². The first-order chi connectivity index (χ1) is 6.59. The smallest absolute Gasteiger partial charge is 0.337 e. The van der Waals surface area contributed by atoms with E-state index in [4.69, 9.17) is 5.11 Å². The van der Waals surface area contributed by atoms with Gasteiger partial charge in [-0.1, -0.05) is 0 Å². The molecule has 2 aromatic rings. The van der Waals surface area contributed by atoms with Crippen LogP contribution in [0.15, 0.2) is 18.6 Å². The second-order valence-electron chi connectivity index (χ2n) is 3.30. The van der Waals surface area contributed by atoms with Gasteiger partial charge in [0.05, 0.1) is 17.4 Å². The van der Waals surface area contributed by atoms with Crippen molar-refractivity contribution >= 4 is 11.5 Å². The average Bonchev–Trinajstić information content (AvgIpc) is 2.44. The number of rotatable bonds is 1. The SMILES string of the molecule is Cc1cc2c(C)c(C(=O)O)cn2cn1. The molecule has 0 amide bonds. The number of aromatic carboxylic acids is 1. The zero-order chi connectivity index (χ0) is 10.3. The third-order valence-corrected chi connectivity index (χ3v) is 2.30. The maximum atomic E-state index is 10.8. The van der Waals surface area contributed by atoms with Crippen molar-refractivity contribution in [3.8, 4) is 0 Å². The van der Waals surface area contributed by atoms with E-state index >= 15 is 0 Å². The molecule has 0 fully saturated rings. The second kappa shape index (κ2) is 2.83. The summed E-state index contributed by atoms with van der Waals surface area (Å²) in [7, 11) is 0. The number of hydrogen-bond donors (Lipinski definition) is 1. The van der Waals surface area contributed by atoms with Crippen molar-refractivity contribution < 1.29 is 9.90 Å². The normalized spacial score (nSPS) is 10.7. The fraction of sp³-hybridized carbons (Fsp3) is 0.200. The molecule has 0 aliphatic heterocycles. The fourth-order valence-corrected chi connectivity index (χ4v) is 1.52. The van der Waals surface area contributed by atoms with E-state index < -0.39 is 5.97 Å². The van der Waals surface area contributed by atoms with Gasteiger partial charge in [-0.25, -0.2) is 9.78 Å². The van der Waals surface area contributed by atoms with E-state index in [0.29, 0.717) is 5.56 Å². The molecular weight excluding hydrogens is 180 g/mol. The summed E-state index contributed by atoms with van der Waals surface area (Å²) in [5.74, 6) is -0.899. The van der Waals surface area contributed by atoms with Crippen LogP contribution in [0.2, 0.25) is 0 Å². The summed E-state index contributed by atoms with van der Waals surface area (Å²) >= 11 is 0. The Kier molecular flexibility index (Phi) is 1.77. The van der Waals surface area contributed by atoms with Gasteiger partial charge in [0.1, 0.15) is 0 Å². The number of aryl methyl sites for hydroxylation is 2. The van der Waals surface area contributed by atoms with Crippen LogP contribution in [-0.2, 0) is 0 Å². The van der Waals surface area contributed by atoms with Crippen LogP contribution in [0.3, 0.4) is 0 Å². The predicted octanol–water partition coefficient (Wildman–Crippen LogP) is 1.65. The van der Waals surface area contributed by atoms with E-state index in [-0.39, 0.29) is 0 Å². The molecule has 0 unspecified atom stereocenters. The molecule has 2 rings (SSSR count). The Hall–Kier alpha value is -1.84. The van der Waals surface area contributed by atoms with Crippen molar-refractivity contribution in [2.24, 2.45) is 0 Å². The van der Waals surface area contributed by atoms with Crippen LogP contribution >= 0.6 is 0 Å². The van der Waals surface area contributed by atoms with E-state index in [0.717, 1.165) is 16.8 Å². The Morgan fingerprint density at radius 1 is 1.50 bits per heavy atom. The lowest BCUT2D eigenvalue weighted by Gasteiger charge is -1.95. The van der Waals surface area contributed by atoms with Gasteiger partial charge in [-0.15, -0.1) is 0 Å². The van der Waals surface area contributed by atoms with Gasteiger partial charge in [-0.2, -0.15) is 0 Å². The summed E-state index contributed by atoms with van der Waals surface area (Å²) in [5, 5.41) is 8.90. The Morgan fingerprint density at radius 2 is 2.21 bits per heavy atom. The minimum absolute atomic E-state index is 0.331. The quantitative estimate of drug-likeness (QED) is 0.743. The molecule has 0 aliphatic rings. The maximum absolute atomic E-state index is 10.8. The highest BCUT2D eigenvalue weighted by Gasteiger charge is 2.12. The number of aromatic nitrogens is 2. The number of carboxylic acids is 1. The number of carbonyl (C=O) groups is 1. The Balaban J connectivity index is 2.80. The van der Waals surface area contributed by atoms with E-state index in [1.807, 2.05) is 13.0 Å². The molecule has 0 atom stereocenters. The molecule has 0 saturated heterocycles. The van der Waals surface area contributed by atoms with Crippen LogP contribution in [0.5, 0.6) is 0 Å². The largest absolute Gasteiger partial charge is 0.478 e. The Labute approximate surface area is 80.8 Å². The fourth-order valence-electron chi connectivity index (χ4n) is 1.52. The highest BCUT2D eigenvalue weighted by Crippen LogP contribution is 2.17. The van der Waals surface area contributed by atoms with Crippen molar-refractivity contribution in [2.45, 2.75) is 13.8 Å². The first-order valence-corrected chi connectivity index (χ1v) is 4.27. The van der Waals surface area contributed by atoms with Gasteiger partial charge in [0.15, 0.2) is 0 Å². The number of fused-ring (bicyclic) bond motifs is 1. The van der Waals surface area contributed by atoms with Crippen LogP contribution in [0, 0.1) is 13.8 Å². The van der Waals surface area contributed by atoms with E-state index in [1.165, 1.54) is 0 Å². The molecule has 14 heavy (non-hydrogen) atoms. The van der Waals surface area contributed by atoms with Gasteiger partial charge in [-0.05, 0) is 25.5 Å². The maximum Gasteiger partial charge on any atom is 0.337 e. The molecule has 0 bridgehead atoms. The summed E-state index contributed by atoms with van der Waals surface area (Å²) in [6.45, 7) is 3.69. The lowest BCUT2D eigenvalue weighted by atomic mass is 10.2. The second-order valence-corrected chi connectivity index (χ2v) is 3.30. The van der Waals surface area contributed by atoms with Crippen molar-refractivity contribution in [1.29, 1.82) is 0 Å². The number of hydrogen-bond acceptors (Lipinski definition) is 2. The Bertz CT molecular complexity index is 514. The third-order valence-electron chi connectivity index (χ3n) is 2.30. The van der Waals surface area contributed by atoms with Gasteiger partial charge in [-0.3, -0.25) is 0 Å². The van der Waals surface area contributed by atoms with Crippen molar-refractivity contribution in [3.63, 3.8) is 0 Å². The molecular formula is C10H10N2O2. The van der Waals surface area contributed by atoms with Gasteiger partial charge < -0.3 is 9.51 Å². The van der Waals surface area contributed by atoms with Crippen LogP contribution < -0.4 is 0 Å². The monoisotopic (exact) mass is 190 g/mol. The summed E-state index contributed by atoms with van der Waals surface area (Å²) in [6.07, 6.45) is 3.21. The van der Waals surface area contributed by atoms with Crippen molar-refractivity contribution in [1.82, 2.24) is 9.38 Å². The number of nitrogens with zero attached hydrogens (tertiary/aromatic N) is 2. The minimum atomic E-state index is -0.899. The van der Waals surface area contributed by atoms with Crippen molar-refractivity contribution in [3.05, 3.63) is 35.4 Å². The molecule has 0 aromatic carbocycles. The molecule has 2 heterocycles. The molecule has 4 nitrogen and oxygen atoms in total. The highest BCUT2D eigenvalue weighted by molar-refractivity contribution is 5.92. The Morgan fingerprint density at radius 3 is 2.86 bits per heavy atom. The average molecular weight is 190 g/mol. The summed E-state index contributed by atoms with van der Waals surface area (Å²) in [6, 6.07) is 1.88. The van der Waals surface area contributed by atoms with Crippen molar-refractivity contribution in [2.75, 3.05) is 0 Å². The topological polar surface area (TPSA) is 54.6 Å². The summed E-state index contributed by atoms with van der Waals surface area (Å²) in [4.78, 5) is 14.9. The van der Waals surface area contributed by atoms with Gasteiger partial charge >= 0.3 is 5.97 Å². The minimum Gasteiger partial charge on any atom is -0.478 e. The first-order valence-electron chi connectivity index (χ1n) is 4.27. The third kappa shape index (κ3) is 1.16. The molecule has 2 aromatic heterocycles. The highest BCUT2D eigenvalue weighted by atomic mass is 16.4. The molecule has 1 N–H and O–H groups in total. The van der Waals surface area contributed by atoms with E-state index in [1.54, 1.807) is 23.8 Å². The van der Waals surface area contributed by atoms with Gasteiger partial charge in [0.2, 0.25) is 0 Å². The van der Waals surface area contributed by atoms with E-state index in [2.05, 4.69) is 4.98 Å². The zero-order valence-corrected chi connectivity index (χ0v) is 7.98. The zero-order valence-electron chi connectivity index (χ0n) is 7.98. The van der Waals surface area contributed by atoms with Crippen LogP contribution in [0.25, 0.3) is 5.52 Å². The first kappa shape index (κ1) is 8.74. The summed E-state index contributed by atoms with van der Waals surface area (Å²) in [5.41, 5.74) is 2.89. The number of carboxylic acid groups (broad SMARTS) is 1. The molecule has 0 saturated carbocycles. The lowest BCUT2D eigenvalue weighted by molar-refractivity contribution is 0.0696. The molecule has 72 valence electrons.